The van der Waals surface area contributed by atoms with E-state index in [0.29, 0.717) is 18.7 Å². The van der Waals surface area contributed by atoms with E-state index < -0.39 is 17.4 Å². The Labute approximate surface area is 117 Å². The van der Waals surface area contributed by atoms with Gasteiger partial charge in [-0.15, -0.1) is 0 Å². The molecule has 0 radical (unpaired) electrons. The average Bonchev–Trinajstić information content (AvgIpc) is 2.45. The van der Waals surface area contributed by atoms with Gasteiger partial charge in [0.05, 0.1) is 0 Å². The molecule has 0 bridgehead atoms. The predicted molar refractivity (Wildman–Crippen MR) is 74.4 cm³/mol. The smallest absolute Gasteiger partial charge is 0.187 e. The lowest BCUT2D eigenvalue weighted by atomic mass is 10.1. The summed E-state index contributed by atoms with van der Waals surface area (Å²) in [7, 11) is 0. The molecule has 0 fully saturated rings. The van der Waals surface area contributed by atoms with Gasteiger partial charge in [-0.05, 0) is 35.2 Å². The molecule has 0 aliphatic carbocycles. The van der Waals surface area contributed by atoms with Gasteiger partial charge in [0.25, 0.3) is 0 Å². The molecule has 2 nitrogen and oxygen atoms in total. The Kier molecular flexibility index (Phi) is 4.69. The van der Waals surface area contributed by atoms with Crippen molar-refractivity contribution in [1.29, 1.82) is 0 Å². The maximum Gasteiger partial charge on any atom is 0.187 e. The number of aryl methyl sites for hydroxylation is 1. The molecule has 0 saturated carbocycles. The van der Waals surface area contributed by atoms with Crippen LogP contribution in [-0.2, 0) is 19.5 Å². The van der Waals surface area contributed by atoms with Crippen LogP contribution in [0.15, 0.2) is 36.4 Å². The lowest BCUT2D eigenvalue weighted by Gasteiger charge is -2.07. The van der Waals surface area contributed by atoms with E-state index >= 15 is 0 Å². The molecular formula is C16H17F2NO. The van der Waals surface area contributed by atoms with E-state index in [9.17, 15) is 8.78 Å². The average molecular weight is 277 g/mol. The molecule has 0 aromatic heterocycles. The molecule has 20 heavy (non-hydrogen) atoms. The maximum absolute atomic E-state index is 13.2. The molecule has 2 aromatic carbocycles. The summed E-state index contributed by atoms with van der Waals surface area (Å²) < 4.78 is 26.3. The number of nitrogens with one attached hydrogen (secondary N) is 1. The highest BCUT2D eigenvalue weighted by Gasteiger charge is 2.09. The summed E-state index contributed by atoms with van der Waals surface area (Å²) in [6, 6.07) is 10.5. The zero-order chi connectivity index (χ0) is 14.5. The van der Waals surface area contributed by atoms with Crippen molar-refractivity contribution in [3.8, 4) is 5.75 Å². The fraction of sp³-hybridized carbons (Fsp3) is 0.250. The number of rotatable bonds is 5. The lowest BCUT2D eigenvalue weighted by Crippen LogP contribution is -2.13. The molecule has 4 heteroatoms. The number of aromatic hydroxyl groups is 1. The third-order valence-corrected chi connectivity index (χ3v) is 3.17. The largest absolute Gasteiger partial charge is 0.503 e. The van der Waals surface area contributed by atoms with Crippen molar-refractivity contribution < 1.29 is 13.9 Å². The zero-order valence-corrected chi connectivity index (χ0v) is 11.3. The highest BCUT2D eigenvalue weighted by molar-refractivity contribution is 5.30. The Bertz CT molecular complexity index is 559. The Hall–Kier alpha value is -1.94. The van der Waals surface area contributed by atoms with Crippen LogP contribution >= 0.6 is 0 Å². The summed E-state index contributed by atoms with van der Waals surface area (Å²) in [6.07, 6.45) is 1.000. The Morgan fingerprint density at radius 3 is 1.95 bits per heavy atom. The standard InChI is InChI=1S/C16H17F2NO/c1-2-11-3-5-12(6-4-11)9-19-10-13-7-14(17)16(20)15(18)8-13/h3-8,19-20H,2,9-10H2,1H3. The summed E-state index contributed by atoms with van der Waals surface area (Å²) in [5, 5.41) is 12.1. The fourth-order valence-electron chi connectivity index (χ4n) is 1.96. The van der Waals surface area contributed by atoms with Gasteiger partial charge in [0.1, 0.15) is 0 Å². The van der Waals surface area contributed by atoms with Gasteiger partial charge >= 0.3 is 0 Å². The molecule has 0 amide bonds. The second kappa shape index (κ2) is 6.48. The zero-order valence-electron chi connectivity index (χ0n) is 11.3. The van der Waals surface area contributed by atoms with Gasteiger partial charge < -0.3 is 10.4 Å². The maximum atomic E-state index is 13.2. The van der Waals surface area contributed by atoms with Crippen molar-refractivity contribution in [1.82, 2.24) is 5.32 Å². The molecule has 2 aromatic rings. The number of halogens is 2. The first-order valence-electron chi connectivity index (χ1n) is 6.55. The Balaban J connectivity index is 1.92. The minimum Gasteiger partial charge on any atom is -0.503 e. The van der Waals surface area contributed by atoms with Crippen LogP contribution in [0, 0.1) is 11.6 Å². The van der Waals surface area contributed by atoms with E-state index in [4.69, 9.17) is 5.11 Å². The highest BCUT2D eigenvalue weighted by Crippen LogP contribution is 2.21. The SMILES string of the molecule is CCc1ccc(CNCc2cc(F)c(O)c(F)c2)cc1. The molecule has 2 rings (SSSR count). The quantitative estimate of drug-likeness (QED) is 0.876. The third-order valence-electron chi connectivity index (χ3n) is 3.17. The van der Waals surface area contributed by atoms with Crippen LogP contribution in [0.2, 0.25) is 0 Å². The van der Waals surface area contributed by atoms with Gasteiger partial charge in [-0.1, -0.05) is 31.2 Å². The van der Waals surface area contributed by atoms with Crippen molar-refractivity contribution >= 4 is 0 Å². The van der Waals surface area contributed by atoms with Crippen LogP contribution in [0.1, 0.15) is 23.6 Å². The summed E-state index contributed by atoms with van der Waals surface area (Å²) in [5.41, 5.74) is 2.85. The van der Waals surface area contributed by atoms with E-state index in [1.165, 1.54) is 5.56 Å². The van der Waals surface area contributed by atoms with E-state index in [-0.39, 0.29) is 0 Å². The Morgan fingerprint density at radius 2 is 1.40 bits per heavy atom. The fourth-order valence-corrected chi connectivity index (χ4v) is 1.96. The second-order valence-electron chi connectivity index (χ2n) is 4.68. The van der Waals surface area contributed by atoms with Crippen molar-refractivity contribution in [2.24, 2.45) is 0 Å². The van der Waals surface area contributed by atoms with Crippen LogP contribution in [0.5, 0.6) is 5.75 Å². The number of hydrogen-bond acceptors (Lipinski definition) is 2. The van der Waals surface area contributed by atoms with Gasteiger partial charge in [-0.2, -0.15) is 0 Å². The first-order valence-corrected chi connectivity index (χ1v) is 6.55. The van der Waals surface area contributed by atoms with Crippen LogP contribution in [0.4, 0.5) is 8.78 Å². The highest BCUT2D eigenvalue weighted by atomic mass is 19.1. The van der Waals surface area contributed by atoms with Gasteiger partial charge in [0.2, 0.25) is 0 Å². The summed E-state index contributed by atoms with van der Waals surface area (Å²) >= 11 is 0. The molecule has 0 aliphatic rings. The van der Waals surface area contributed by atoms with Crippen LogP contribution in [-0.4, -0.2) is 5.11 Å². The first-order chi connectivity index (χ1) is 9.60. The number of phenolic OH excluding ortho intramolecular Hbond substituents is 1. The topological polar surface area (TPSA) is 32.3 Å². The van der Waals surface area contributed by atoms with Crippen molar-refractivity contribution in [3.05, 3.63) is 64.7 Å². The molecule has 0 aliphatic heterocycles. The van der Waals surface area contributed by atoms with Gasteiger partial charge in [0.15, 0.2) is 17.4 Å². The second-order valence-corrected chi connectivity index (χ2v) is 4.68. The predicted octanol–water partition coefficient (Wildman–Crippen LogP) is 3.52. The molecule has 2 N–H and O–H groups in total. The third kappa shape index (κ3) is 3.54. The minimum absolute atomic E-state index is 0.337. The summed E-state index contributed by atoms with van der Waals surface area (Å²) in [5.74, 6) is -2.80. The molecule has 0 spiro atoms. The lowest BCUT2D eigenvalue weighted by molar-refractivity contribution is 0.395. The number of benzene rings is 2. The molecule has 0 unspecified atom stereocenters. The molecule has 0 saturated heterocycles. The summed E-state index contributed by atoms with van der Waals surface area (Å²) in [6.45, 7) is 3.05. The van der Waals surface area contributed by atoms with E-state index in [1.807, 2.05) is 12.1 Å². The van der Waals surface area contributed by atoms with Crippen LogP contribution in [0.3, 0.4) is 0 Å². The van der Waals surface area contributed by atoms with Gasteiger partial charge in [0, 0.05) is 13.1 Å². The molecule has 0 atom stereocenters. The normalized spacial score (nSPS) is 10.8. The van der Waals surface area contributed by atoms with Crippen molar-refractivity contribution in [2.75, 3.05) is 0 Å². The monoisotopic (exact) mass is 277 g/mol. The molecule has 0 heterocycles. The minimum atomic E-state index is -0.936. The van der Waals surface area contributed by atoms with Crippen molar-refractivity contribution in [3.63, 3.8) is 0 Å². The van der Waals surface area contributed by atoms with Gasteiger partial charge in [-0.25, -0.2) is 8.78 Å². The molecule has 106 valence electrons. The van der Waals surface area contributed by atoms with Crippen LogP contribution in [0.25, 0.3) is 0 Å². The Morgan fingerprint density at radius 1 is 0.900 bits per heavy atom. The van der Waals surface area contributed by atoms with Crippen LogP contribution < -0.4 is 5.32 Å². The first kappa shape index (κ1) is 14.5. The molecular weight excluding hydrogens is 260 g/mol. The van der Waals surface area contributed by atoms with Gasteiger partial charge in [-0.3, -0.25) is 0 Å². The summed E-state index contributed by atoms with van der Waals surface area (Å²) in [4.78, 5) is 0. The van der Waals surface area contributed by atoms with E-state index in [2.05, 4.69) is 24.4 Å². The number of hydrogen-bond donors (Lipinski definition) is 2. The van der Waals surface area contributed by atoms with E-state index in [1.54, 1.807) is 0 Å². The van der Waals surface area contributed by atoms with Crippen molar-refractivity contribution in [2.45, 2.75) is 26.4 Å². The van der Waals surface area contributed by atoms with E-state index in [0.717, 1.165) is 24.1 Å². The number of phenols is 1.